The number of hydrogen-bond donors (Lipinski definition) is 2. The van der Waals surface area contributed by atoms with E-state index in [0.29, 0.717) is 22.9 Å². The summed E-state index contributed by atoms with van der Waals surface area (Å²) in [6.07, 6.45) is 4.47. The summed E-state index contributed by atoms with van der Waals surface area (Å²) in [6, 6.07) is 12.5. The lowest BCUT2D eigenvalue weighted by Gasteiger charge is -2.13. The number of aromatic nitrogens is 4. The molecule has 0 unspecified atom stereocenters. The number of amides is 1. The number of carbonyl (C=O) groups is 1. The molecule has 0 spiro atoms. The van der Waals surface area contributed by atoms with E-state index in [1.54, 1.807) is 35.7 Å². The van der Waals surface area contributed by atoms with Crippen molar-refractivity contribution in [2.75, 3.05) is 23.4 Å². The molecule has 41 heavy (non-hydrogen) atoms. The highest BCUT2D eigenvalue weighted by molar-refractivity contribution is 7.92. The van der Waals surface area contributed by atoms with Gasteiger partial charge in [0.15, 0.2) is 0 Å². The van der Waals surface area contributed by atoms with E-state index in [4.69, 9.17) is 4.74 Å². The first-order valence-electron chi connectivity index (χ1n) is 12.1. The van der Waals surface area contributed by atoms with E-state index in [1.807, 2.05) is 6.92 Å². The molecule has 0 atom stereocenters. The van der Waals surface area contributed by atoms with E-state index in [-0.39, 0.29) is 33.4 Å². The molecule has 0 aliphatic heterocycles. The van der Waals surface area contributed by atoms with Gasteiger partial charge in [-0.25, -0.2) is 18.4 Å². The number of nitrogens with one attached hydrogen (secondary N) is 2. The van der Waals surface area contributed by atoms with Crippen LogP contribution in [-0.4, -0.2) is 55.3 Å². The first-order chi connectivity index (χ1) is 19.5. The lowest BCUT2D eigenvalue weighted by molar-refractivity contribution is 0.102. The largest absolute Gasteiger partial charge is 0.480 e. The van der Waals surface area contributed by atoms with Gasteiger partial charge in [0.05, 0.1) is 40.7 Å². The van der Waals surface area contributed by atoms with Crippen LogP contribution >= 0.6 is 11.3 Å². The van der Waals surface area contributed by atoms with Gasteiger partial charge in [-0.2, -0.15) is 17.6 Å². The first kappa shape index (κ1) is 28.2. The monoisotopic (exact) mass is 612 g/mol. The molecule has 15 heteroatoms. The van der Waals surface area contributed by atoms with Crippen molar-refractivity contribution in [3.05, 3.63) is 77.0 Å². The fourth-order valence-electron chi connectivity index (χ4n) is 4.07. The highest BCUT2D eigenvalue weighted by Gasteiger charge is 2.23. The topological polar surface area (TPSA) is 162 Å². The number of rotatable bonds is 9. The summed E-state index contributed by atoms with van der Waals surface area (Å²) in [4.78, 5) is 21.7. The SMILES string of the molecule is CCc1nc(C(=O)Nc2cc(-c3cnc(OC)c(NS(C)(=O)=O)c3)cc3c2cnn3S(=O)(=O)c2ccccc2)cs1. The van der Waals surface area contributed by atoms with Crippen LogP contribution in [0.2, 0.25) is 0 Å². The zero-order valence-electron chi connectivity index (χ0n) is 22.0. The number of anilines is 2. The van der Waals surface area contributed by atoms with Crippen LogP contribution in [0.1, 0.15) is 22.4 Å². The van der Waals surface area contributed by atoms with Crippen LogP contribution in [0, 0.1) is 0 Å². The van der Waals surface area contributed by atoms with E-state index in [9.17, 15) is 21.6 Å². The van der Waals surface area contributed by atoms with Crippen molar-refractivity contribution >= 4 is 59.6 Å². The van der Waals surface area contributed by atoms with Crippen molar-refractivity contribution in [2.24, 2.45) is 0 Å². The molecule has 0 bridgehead atoms. The fraction of sp³-hybridized carbons (Fsp3) is 0.154. The van der Waals surface area contributed by atoms with Gasteiger partial charge in [0.1, 0.15) is 11.4 Å². The molecule has 12 nitrogen and oxygen atoms in total. The van der Waals surface area contributed by atoms with Crippen molar-refractivity contribution in [3.8, 4) is 17.0 Å². The highest BCUT2D eigenvalue weighted by Crippen LogP contribution is 2.35. The fourth-order valence-corrected chi connectivity index (χ4v) is 6.62. The molecular weight excluding hydrogens is 589 g/mol. The molecule has 5 rings (SSSR count). The van der Waals surface area contributed by atoms with Crippen molar-refractivity contribution in [3.63, 3.8) is 0 Å². The number of carbonyl (C=O) groups excluding carboxylic acids is 1. The lowest BCUT2D eigenvalue weighted by atomic mass is 10.0. The first-order valence-corrected chi connectivity index (χ1v) is 16.3. The second-order valence-corrected chi connectivity index (χ2v) is 13.3. The highest BCUT2D eigenvalue weighted by atomic mass is 32.2. The summed E-state index contributed by atoms with van der Waals surface area (Å²) >= 11 is 1.36. The number of pyridine rings is 1. The van der Waals surface area contributed by atoms with Gasteiger partial charge in [-0.05, 0) is 42.3 Å². The van der Waals surface area contributed by atoms with Crippen molar-refractivity contribution < 1.29 is 26.4 Å². The molecule has 0 saturated carbocycles. The van der Waals surface area contributed by atoms with Gasteiger partial charge in [-0.15, -0.1) is 11.3 Å². The Labute approximate surface area is 240 Å². The number of benzene rings is 2. The number of ether oxygens (including phenoxy) is 1. The Morgan fingerprint density at radius 1 is 1.02 bits per heavy atom. The molecule has 3 aromatic heterocycles. The predicted octanol–water partition coefficient (Wildman–Crippen LogP) is 3.99. The molecule has 212 valence electrons. The number of methoxy groups -OCH3 is 1. The second-order valence-electron chi connectivity index (χ2n) is 8.85. The van der Waals surface area contributed by atoms with Gasteiger partial charge in [0, 0.05) is 22.5 Å². The number of hydrogen-bond acceptors (Lipinski definition) is 10. The van der Waals surface area contributed by atoms with Crippen molar-refractivity contribution in [1.82, 2.24) is 19.2 Å². The maximum Gasteiger partial charge on any atom is 0.283 e. The zero-order valence-corrected chi connectivity index (χ0v) is 24.5. The molecular formula is C26H24N6O6S3. The third-order valence-corrected chi connectivity index (χ3v) is 9.13. The van der Waals surface area contributed by atoms with Crippen LogP contribution < -0.4 is 14.8 Å². The summed E-state index contributed by atoms with van der Waals surface area (Å²) in [7, 11) is -6.43. The molecule has 0 saturated heterocycles. The van der Waals surface area contributed by atoms with Crippen molar-refractivity contribution in [2.45, 2.75) is 18.2 Å². The van der Waals surface area contributed by atoms with Gasteiger partial charge in [0.25, 0.3) is 15.9 Å². The van der Waals surface area contributed by atoms with Crippen LogP contribution in [0.25, 0.3) is 22.0 Å². The zero-order chi connectivity index (χ0) is 29.4. The van der Waals surface area contributed by atoms with Crippen LogP contribution in [0.5, 0.6) is 5.88 Å². The molecule has 2 aromatic carbocycles. The summed E-state index contributed by atoms with van der Waals surface area (Å²) in [5, 5.41) is 9.80. The molecule has 0 radical (unpaired) electrons. The number of sulfonamides is 1. The van der Waals surface area contributed by atoms with Gasteiger partial charge >= 0.3 is 0 Å². The van der Waals surface area contributed by atoms with E-state index >= 15 is 0 Å². The van der Waals surface area contributed by atoms with E-state index < -0.39 is 26.0 Å². The quantitative estimate of drug-likeness (QED) is 0.251. The average Bonchev–Trinajstić information content (AvgIpc) is 3.61. The molecule has 3 heterocycles. The average molecular weight is 613 g/mol. The van der Waals surface area contributed by atoms with Crippen LogP contribution in [-0.2, 0) is 26.5 Å². The van der Waals surface area contributed by atoms with Gasteiger partial charge in [-0.3, -0.25) is 9.52 Å². The van der Waals surface area contributed by atoms with Crippen LogP contribution in [0.15, 0.2) is 71.2 Å². The van der Waals surface area contributed by atoms with Gasteiger partial charge in [-0.1, -0.05) is 25.1 Å². The van der Waals surface area contributed by atoms with Crippen LogP contribution in [0.4, 0.5) is 11.4 Å². The minimum absolute atomic E-state index is 0.0290. The molecule has 5 aromatic rings. The second kappa shape index (κ2) is 10.9. The van der Waals surface area contributed by atoms with Gasteiger partial charge < -0.3 is 10.1 Å². The molecule has 0 fully saturated rings. The molecule has 0 aliphatic rings. The predicted molar refractivity (Wildman–Crippen MR) is 156 cm³/mol. The number of aryl methyl sites for hydroxylation is 1. The van der Waals surface area contributed by atoms with Crippen molar-refractivity contribution in [1.29, 1.82) is 0 Å². The van der Waals surface area contributed by atoms with E-state index in [0.717, 1.165) is 15.4 Å². The standard InChI is InChI=1S/C26H24N6O6S3/c1-4-24-29-22(15-39-24)25(33)30-20-10-16(17-11-21(31-40(3,34)35)26(38-2)27-13-17)12-23-19(20)14-28-32(23)41(36,37)18-8-6-5-7-9-18/h5-15,31H,4H2,1-3H3,(H,30,33). The summed E-state index contributed by atoms with van der Waals surface area (Å²) in [6.45, 7) is 1.94. The molecule has 0 aliphatic carbocycles. The van der Waals surface area contributed by atoms with E-state index in [1.165, 1.54) is 49.0 Å². The molecule has 2 N–H and O–H groups in total. The maximum absolute atomic E-state index is 13.5. The maximum atomic E-state index is 13.5. The summed E-state index contributed by atoms with van der Waals surface area (Å²) in [5.74, 6) is -0.439. The normalized spacial score (nSPS) is 11.9. The smallest absolute Gasteiger partial charge is 0.283 e. The number of nitrogens with zero attached hydrogens (tertiary/aromatic N) is 4. The third-order valence-electron chi connectivity index (χ3n) is 5.93. The lowest BCUT2D eigenvalue weighted by Crippen LogP contribution is -2.15. The Morgan fingerprint density at radius 3 is 2.41 bits per heavy atom. The summed E-state index contributed by atoms with van der Waals surface area (Å²) < 4.78 is 59.4. The summed E-state index contributed by atoms with van der Waals surface area (Å²) in [5.41, 5.74) is 1.61. The number of fused-ring (bicyclic) bond motifs is 1. The minimum atomic E-state index is -4.11. The Hall–Kier alpha value is -4.34. The number of thiazole rings is 1. The Morgan fingerprint density at radius 2 is 1.76 bits per heavy atom. The minimum Gasteiger partial charge on any atom is -0.480 e. The Bertz CT molecular complexity index is 1990. The molecule has 1 amide bonds. The Balaban J connectivity index is 1.70. The Kier molecular flexibility index (Phi) is 7.50. The van der Waals surface area contributed by atoms with E-state index in [2.05, 4.69) is 25.1 Å². The van der Waals surface area contributed by atoms with Gasteiger partial charge in [0.2, 0.25) is 15.9 Å². The van der Waals surface area contributed by atoms with Crippen LogP contribution in [0.3, 0.4) is 0 Å². The third kappa shape index (κ3) is 5.77.